The van der Waals surface area contributed by atoms with Gasteiger partial charge in [0.25, 0.3) is 0 Å². The largest absolute Gasteiger partial charge is 0.344 e. The Morgan fingerprint density at radius 1 is 1.12 bits per heavy atom. The van der Waals surface area contributed by atoms with E-state index >= 15 is 0 Å². The van der Waals surface area contributed by atoms with Crippen molar-refractivity contribution in [2.45, 2.75) is 84.7 Å². The van der Waals surface area contributed by atoms with E-state index in [4.69, 9.17) is 9.47 Å². The molecule has 1 aliphatic rings. The lowest BCUT2D eigenvalue weighted by molar-refractivity contribution is -0.186. The van der Waals surface area contributed by atoms with Crippen LogP contribution in [0.15, 0.2) is 0 Å². The van der Waals surface area contributed by atoms with Crippen molar-refractivity contribution in [3.63, 3.8) is 0 Å². The molecule has 0 aromatic heterocycles. The van der Waals surface area contributed by atoms with Crippen molar-refractivity contribution in [1.29, 1.82) is 0 Å². The highest BCUT2D eigenvalue weighted by Crippen LogP contribution is 2.37. The van der Waals surface area contributed by atoms with Crippen LogP contribution >= 0.6 is 0 Å². The van der Waals surface area contributed by atoms with Gasteiger partial charge >= 0.3 is 0 Å². The second-order valence-electron chi connectivity index (χ2n) is 5.36. The van der Waals surface area contributed by atoms with Gasteiger partial charge in [-0.1, -0.05) is 40.0 Å². The van der Waals surface area contributed by atoms with Crippen LogP contribution in [-0.2, 0) is 9.47 Å². The Balaban J connectivity index is 2.48. The van der Waals surface area contributed by atoms with Crippen molar-refractivity contribution in [3.05, 3.63) is 0 Å². The molecule has 1 saturated heterocycles. The van der Waals surface area contributed by atoms with Gasteiger partial charge in [-0.15, -0.1) is 0 Å². The normalized spacial score (nSPS) is 30.6. The van der Waals surface area contributed by atoms with E-state index in [-0.39, 0.29) is 18.0 Å². The highest BCUT2D eigenvalue weighted by molar-refractivity contribution is 4.82. The molecule has 0 unspecified atom stereocenters. The first kappa shape index (κ1) is 14.0. The first-order valence-corrected chi connectivity index (χ1v) is 6.88. The van der Waals surface area contributed by atoms with Gasteiger partial charge in [0, 0.05) is 6.42 Å². The van der Waals surface area contributed by atoms with E-state index in [1.807, 2.05) is 0 Å². The van der Waals surface area contributed by atoms with Gasteiger partial charge < -0.3 is 9.47 Å². The summed E-state index contributed by atoms with van der Waals surface area (Å²) in [6.07, 6.45) is 6.34. The molecule has 0 radical (unpaired) electrons. The minimum absolute atomic E-state index is 0.235. The summed E-state index contributed by atoms with van der Waals surface area (Å²) in [6.45, 7) is 10.9. The second-order valence-corrected chi connectivity index (χ2v) is 5.36. The third-order valence-corrected chi connectivity index (χ3v) is 3.71. The molecule has 0 aromatic rings. The topological polar surface area (TPSA) is 18.5 Å². The average Bonchev–Trinajstić information content (AvgIpc) is 2.52. The van der Waals surface area contributed by atoms with Crippen LogP contribution < -0.4 is 0 Å². The Kier molecular flexibility index (Phi) is 5.26. The van der Waals surface area contributed by atoms with E-state index in [1.165, 1.54) is 19.3 Å². The maximum absolute atomic E-state index is 6.04. The maximum Gasteiger partial charge on any atom is 0.169 e. The molecule has 0 bridgehead atoms. The molecule has 0 N–H and O–H groups in total. The number of hydrogen-bond donors (Lipinski definition) is 0. The van der Waals surface area contributed by atoms with Crippen LogP contribution in [0.5, 0.6) is 0 Å². The average molecular weight is 228 g/mol. The van der Waals surface area contributed by atoms with Gasteiger partial charge in [0.05, 0.1) is 12.2 Å². The third-order valence-electron chi connectivity index (χ3n) is 3.71. The molecular weight excluding hydrogens is 200 g/mol. The SMILES string of the molecule is CCCC[C@@H](C)CC1(CC)O[C@H](C)[C@@H](C)O1. The fourth-order valence-corrected chi connectivity index (χ4v) is 2.49. The molecule has 0 aromatic carbocycles. The summed E-state index contributed by atoms with van der Waals surface area (Å²) in [5.41, 5.74) is 0. The van der Waals surface area contributed by atoms with E-state index in [0.717, 1.165) is 12.8 Å². The van der Waals surface area contributed by atoms with Gasteiger partial charge in [0.2, 0.25) is 0 Å². The van der Waals surface area contributed by atoms with Gasteiger partial charge in [-0.05, 0) is 26.2 Å². The summed E-state index contributed by atoms with van der Waals surface area (Å²) in [6, 6.07) is 0. The lowest BCUT2D eigenvalue weighted by Gasteiger charge is -2.29. The van der Waals surface area contributed by atoms with Crippen LogP contribution in [0.1, 0.15) is 66.7 Å². The minimum atomic E-state index is -0.300. The molecule has 0 aliphatic carbocycles. The fourth-order valence-electron chi connectivity index (χ4n) is 2.49. The lowest BCUT2D eigenvalue weighted by Crippen LogP contribution is -2.32. The zero-order valence-corrected chi connectivity index (χ0v) is 11.6. The van der Waals surface area contributed by atoms with Crippen LogP contribution in [0, 0.1) is 5.92 Å². The quantitative estimate of drug-likeness (QED) is 0.680. The Hall–Kier alpha value is -0.0800. The first-order valence-electron chi connectivity index (χ1n) is 6.88. The van der Waals surface area contributed by atoms with Crippen LogP contribution in [0.25, 0.3) is 0 Å². The van der Waals surface area contributed by atoms with E-state index < -0.39 is 0 Å². The standard InChI is InChI=1S/C14H28O2/c1-6-8-9-11(3)10-14(7-2)15-12(4)13(5)16-14/h11-13H,6-10H2,1-5H3/t11-,12-,13-/m1/s1. The molecule has 96 valence electrons. The Morgan fingerprint density at radius 2 is 1.69 bits per heavy atom. The highest BCUT2D eigenvalue weighted by atomic mass is 16.8. The molecule has 1 heterocycles. The molecule has 1 rings (SSSR count). The van der Waals surface area contributed by atoms with E-state index in [0.29, 0.717) is 5.92 Å². The third kappa shape index (κ3) is 3.46. The highest BCUT2D eigenvalue weighted by Gasteiger charge is 2.43. The van der Waals surface area contributed by atoms with Crippen LogP contribution in [0.4, 0.5) is 0 Å². The summed E-state index contributed by atoms with van der Waals surface area (Å²) in [7, 11) is 0. The Labute approximate surface area is 101 Å². The summed E-state index contributed by atoms with van der Waals surface area (Å²) in [4.78, 5) is 0. The predicted molar refractivity (Wildman–Crippen MR) is 67.4 cm³/mol. The van der Waals surface area contributed by atoms with Gasteiger partial charge in [-0.25, -0.2) is 0 Å². The summed E-state index contributed by atoms with van der Waals surface area (Å²) in [5, 5.41) is 0. The molecule has 0 amide bonds. The minimum Gasteiger partial charge on any atom is -0.344 e. The van der Waals surface area contributed by atoms with Gasteiger partial charge in [0.1, 0.15) is 0 Å². The van der Waals surface area contributed by atoms with Crippen LogP contribution in [0.2, 0.25) is 0 Å². The Morgan fingerprint density at radius 3 is 2.12 bits per heavy atom. The number of hydrogen-bond acceptors (Lipinski definition) is 2. The van der Waals surface area contributed by atoms with Crippen molar-refractivity contribution in [3.8, 4) is 0 Å². The number of unbranched alkanes of at least 4 members (excludes halogenated alkanes) is 1. The zero-order chi connectivity index (χ0) is 12.2. The van der Waals surface area contributed by atoms with Gasteiger partial charge in [-0.3, -0.25) is 0 Å². The van der Waals surface area contributed by atoms with Crippen molar-refractivity contribution in [2.75, 3.05) is 0 Å². The van der Waals surface area contributed by atoms with E-state index in [1.54, 1.807) is 0 Å². The monoisotopic (exact) mass is 228 g/mol. The van der Waals surface area contributed by atoms with E-state index in [9.17, 15) is 0 Å². The zero-order valence-electron chi connectivity index (χ0n) is 11.6. The summed E-state index contributed by atoms with van der Waals surface area (Å²) in [5.74, 6) is 0.392. The smallest absolute Gasteiger partial charge is 0.169 e. The van der Waals surface area contributed by atoms with Crippen molar-refractivity contribution < 1.29 is 9.47 Å². The molecule has 1 fully saturated rings. The molecule has 3 atom stereocenters. The molecule has 1 aliphatic heterocycles. The molecule has 16 heavy (non-hydrogen) atoms. The second kappa shape index (κ2) is 6.02. The van der Waals surface area contributed by atoms with Gasteiger partial charge in [0.15, 0.2) is 5.79 Å². The first-order chi connectivity index (χ1) is 7.53. The van der Waals surface area contributed by atoms with Crippen molar-refractivity contribution in [2.24, 2.45) is 5.92 Å². The van der Waals surface area contributed by atoms with Crippen LogP contribution in [0.3, 0.4) is 0 Å². The maximum atomic E-state index is 6.04. The predicted octanol–water partition coefficient (Wildman–Crippen LogP) is 4.13. The number of rotatable bonds is 6. The van der Waals surface area contributed by atoms with E-state index in [2.05, 4.69) is 34.6 Å². The molecule has 0 saturated carbocycles. The summed E-state index contributed by atoms with van der Waals surface area (Å²) >= 11 is 0. The Bertz CT molecular complexity index is 193. The van der Waals surface area contributed by atoms with Crippen LogP contribution in [-0.4, -0.2) is 18.0 Å². The fraction of sp³-hybridized carbons (Fsp3) is 1.00. The lowest BCUT2D eigenvalue weighted by atomic mass is 9.94. The summed E-state index contributed by atoms with van der Waals surface area (Å²) < 4.78 is 12.1. The van der Waals surface area contributed by atoms with Crippen molar-refractivity contribution >= 4 is 0 Å². The molecule has 0 spiro atoms. The molecule has 2 heteroatoms. The number of ether oxygens (including phenoxy) is 2. The van der Waals surface area contributed by atoms with Gasteiger partial charge in [-0.2, -0.15) is 0 Å². The van der Waals surface area contributed by atoms with Crippen molar-refractivity contribution in [1.82, 2.24) is 0 Å². The molecular formula is C14H28O2. The molecule has 2 nitrogen and oxygen atoms in total.